The lowest BCUT2D eigenvalue weighted by Crippen LogP contribution is -2.37. The first-order chi connectivity index (χ1) is 13.5. The van der Waals surface area contributed by atoms with Crippen LogP contribution in [-0.4, -0.2) is 40.2 Å². The van der Waals surface area contributed by atoms with Gasteiger partial charge in [0.1, 0.15) is 5.82 Å². The molecule has 28 heavy (non-hydrogen) atoms. The van der Waals surface area contributed by atoms with Gasteiger partial charge in [0.15, 0.2) is 0 Å². The van der Waals surface area contributed by atoms with Crippen molar-refractivity contribution in [1.82, 2.24) is 20.1 Å². The number of rotatable bonds is 4. The maximum absolute atomic E-state index is 12.8. The van der Waals surface area contributed by atoms with Gasteiger partial charge in [-0.15, -0.1) is 0 Å². The average Bonchev–Trinajstić information content (AvgIpc) is 3.25. The Labute approximate surface area is 162 Å². The van der Waals surface area contributed by atoms with Crippen molar-refractivity contribution in [3.8, 4) is 5.69 Å². The molecule has 0 aliphatic carbocycles. The topological polar surface area (TPSA) is 92.1 Å². The van der Waals surface area contributed by atoms with Crippen LogP contribution >= 0.6 is 0 Å². The Morgan fingerprint density at radius 2 is 2.07 bits per heavy atom. The van der Waals surface area contributed by atoms with E-state index in [4.69, 9.17) is 0 Å². The first kappa shape index (κ1) is 17.7. The van der Waals surface area contributed by atoms with E-state index in [0.717, 1.165) is 11.3 Å². The average molecular weight is 376 g/mol. The van der Waals surface area contributed by atoms with E-state index in [0.29, 0.717) is 17.1 Å². The molecule has 1 unspecified atom stereocenters. The van der Waals surface area contributed by atoms with Crippen LogP contribution < -0.4 is 15.5 Å². The molecule has 2 amide bonds. The fraction of sp³-hybridized carbons (Fsp3) is 0.200. The number of amides is 2. The summed E-state index contributed by atoms with van der Waals surface area (Å²) < 4.78 is 1.77. The molecule has 8 heteroatoms. The van der Waals surface area contributed by atoms with Crippen molar-refractivity contribution in [3.05, 3.63) is 66.1 Å². The quantitative estimate of drug-likeness (QED) is 0.728. The summed E-state index contributed by atoms with van der Waals surface area (Å²) in [5.41, 5.74) is 2.83. The highest BCUT2D eigenvalue weighted by molar-refractivity contribution is 6.03. The Kier molecular flexibility index (Phi) is 4.52. The smallest absolute Gasteiger partial charge is 0.253 e. The molecule has 3 aromatic rings. The van der Waals surface area contributed by atoms with Crippen molar-refractivity contribution >= 4 is 23.3 Å². The summed E-state index contributed by atoms with van der Waals surface area (Å²) in [6.45, 7) is 2.12. The molecule has 0 fully saturated rings. The van der Waals surface area contributed by atoms with Gasteiger partial charge in [-0.05, 0) is 30.7 Å². The summed E-state index contributed by atoms with van der Waals surface area (Å²) in [5, 5.41) is 10.2. The number of para-hydroxylation sites is 1. The van der Waals surface area contributed by atoms with Crippen LogP contribution in [0.1, 0.15) is 28.9 Å². The van der Waals surface area contributed by atoms with Gasteiger partial charge in [0.05, 0.1) is 29.5 Å². The summed E-state index contributed by atoms with van der Waals surface area (Å²) in [6.07, 6.45) is 5.09. The third-order valence-electron chi connectivity index (χ3n) is 4.77. The molecule has 2 aromatic heterocycles. The first-order valence-corrected chi connectivity index (χ1v) is 8.95. The van der Waals surface area contributed by atoms with Crippen LogP contribution in [0.15, 0.2) is 55.0 Å². The van der Waals surface area contributed by atoms with Crippen molar-refractivity contribution in [3.63, 3.8) is 0 Å². The van der Waals surface area contributed by atoms with Crippen LogP contribution in [-0.2, 0) is 4.79 Å². The maximum atomic E-state index is 12.8. The lowest BCUT2D eigenvalue weighted by atomic mass is 10.1. The fourth-order valence-corrected chi connectivity index (χ4v) is 3.21. The van der Waals surface area contributed by atoms with E-state index >= 15 is 0 Å². The third kappa shape index (κ3) is 3.20. The van der Waals surface area contributed by atoms with Crippen molar-refractivity contribution in [1.29, 1.82) is 0 Å². The van der Waals surface area contributed by atoms with Crippen LogP contribution in [0.4, 0.5) is 11.5 Å². The van der Waals surface area contributed by atoms with E-state index in [-0.39, 0.29) is 24.4 Å². The highest BCUT2D eigenvalue weighted by Crippen LogP contribution is 2.27. The standard InChI is InChI=1S/C20H20N6O2/c1-13(15-6-3-4-7-16(15)26-9-5-8-23-26)24-20(28)14-10-17-19(21-11-14)22-12-18(27)25(17)2/h3-11,13H,12H2,1-2H3,(H,21,22)(H,24,28). The number of pyridine rings is 1. The molecule has 0 saturated heterocycles. The second kappa shape index (κ2) is 7.15. The van der Waals surface area contributed by atoms with Gasteiger partial charge in [-0.1, -0.05) is 18.2 Å². The van der Waals surface area contributed by atoms with Crippen LogP contribution in [0.3, 0.4) is 0 Å². The van der Waals surface area contributed by atoms with E-state index in [2.05, 4.69) is 20.7 Å². The van der Waals surface area contributed by atoms with Crippen molar-refractivity contribution < 1.29 is 9.59 Å². The van der Waals surface area contributed by atoms with E-state index in [1.807, 2.05) is 43.5 Å². The number of hydrogen-bond acceptors (Lipinski definition) is 5. The summed E-state index contributed by atoms with van der Waals surface area (Å²) in [7, 11) is 1.67. The Hall–Kier alpha value is -3.68. The molecule has 3 heterocycles. The number of benzene rings is 1. The molecule has 4 rings (SSSR count). The molecule has 142 valence electrons. The number of nitrogens with zero attached hydrogens (tertiary/aromatic N) is 4. The molecule has 1 aliphatic rings. The molecular formula is C20H20N6O2. The van der Waals surface area contributed by atoms with Crippen LogP contribution in [0.25, 0.3) is 5.69 Å². The number of fused-ring (bicyclic) bond motifs is 1. The zero-order chi connectivity index (χ0) is 19.7. The van der Waals surface area contributed by atoms with Gasteiger partial charge in [-0.2, -0.15) is 5.10 Å². The summed E-state index contributed by atoms with van der Waals surface area (Å²) in [4.78, 5) is 30.5. The normalized spacial score (nSPS) is 14.2. The van der Waals surface area contributed by atoms with E-state index in [1.165, 1.54) is 11.1 Å². The molecule has 2 N–H and O–H groups in total. The molecule has 8 nitrogen and oxygen atoms in total. The van der Waals surface area contributed by atoms with E-state index in [9.17, 15) is 9.59 Å². The lowest BCUT2D eigenvalue weighted by molar-refractivity contribution is -0.116. The number of anilines is 2. The fourth-order valence-electron chi connectivity index (χ4n) is 3.21. The summed E-state index contributed by atoms with van der Waals surface area (Å²) in [5.74, 6) is 0.258. The Balaban J connectivity index is 1.58. The van der Waals surface area contributed by atoms with Crippen molar-refractivity contribution in [2.75, 3.05) is 23.8 Å². The second-order valence-corrected chi connectivity index (χ2v) is 6.60. The van der Waals surface area contributed by atoms with Gasteiger partial charge in [0.2, 0.25) is 5.91 Å². The van der Waals surface area contributed by atoms with Gasteiger partial charge in [-0.3, -0.25) is 9.59 Å². The monoisotopic (exact) mass is 376 g/mol. The summed E-state index contributed by atoms with van der Waals surface area (Å²) in [6, 6.07) is 11.1. The highest BCUT2D eigenvalue weighted by atomic mass is 16.2. The van der Waals surface area contributed by atoms with Crippen LogP contribution in [0, 0.1) is 0 Å². The third-order valence-corrected chi connectivity index (χ3v) is 4.77. The SMILES string of the molecule is CC(NC(=O)c1cnc2c(c1)N(C)C(=O)CN2)c1ccccc1-n1cccn1. The molecule has 0 bridgehead atoms. The first-order valence-electron chi connectivity index (χ1n) is 8.95. The van der Waals surface area contributed by atoms with Crippen LogP contribution in [0.2, 0.25) is 0 Å². The highest BCUT2D eigenvalue weighted by Gasteiger charge is 2.23. The predicted molar refractivity (Wildman–Crippen MR) is 106 cm³/mol. The van der Waals surface area contributed by atoms with Gasteiger partial charge in [0, 0.05) is 25.6 Å². The zero-order valence-corrected chi connectivity index (χ0v) is 15.6. The molecule has 1 atom stereocenters. The largest absolute Gasteiger partial charge is 0.359 e. The summed E-state index contributed by atoms with van der Waals surface area (Å²) >= 11 is 0. The molecular weight excluding hydrogens is 356 g/mol. The number of carbonyl (C=O) groups excluding carboxylic acids is 2. The Bertz CT molecular complexity index is 1030. The maximum Gasteiger partial charge on any atom is 0.253 e. The number of likely N-dealkylation sites (N-methyl/N-ethyl adjacent to an activating group) is 1. The minimum absolute atomic E-state index is 0.0756. The number of aromatic nitrogens is 3. The van der Waals surface area contributed by atoms with E-state index in [1.54, 1.807) is 24.0 Å². The lowest BCUT2D eigenvalue weighted by Gasteiger charge is -2.26. The van der Waals surface area contributed by atoms with Gasteiger partial charge in [0.25, 0.3) is 5.91 Å². The molecule has 0 spiro atoms. The second-order valence-electron chi connectivity index (χ2n) is 6.60. The van der Waals surface area contributed by atoms with E-state index < -0.39 is 0 Å². The zero-order valence-electron chi connectivity index (χ0n) is 15.6. The Morgan fingerprint density at radius 3 is 2.86 bits per heavy atom. The minimum atomic E-state index is -0.260. The van der Waals surface area contributed by atoms with Crippen LogP contribution in [0.5, 0.6) is 0 Å². The van der Waals surface area contributed by atoms with Gasteiger partial charge in [-0.25, -0.2) is 9.67 Å². The number of hydrogen-bond donors (Lipinski definition) is 2. The minimum Gasteiger partial charge on any atom is -0.359 e. The number of nitrogens with one attached hydrogen (secondary N) is 2. The number of carbonyl (C=O) groups is 2. The molecule has 0 saturated carbocycles. The van der Waals surface area contributed by atoms with Gasteiger partial charge < -0.3 is 15.5 Å². The molecule has 1 aromatic carbocycles. The molecule has 1 aliphatic heterocycles. The van der Waals surface area contributed by atoms with Crippen molar-refractivity contribution in [2.24, 2.45) is 0 Å². The van der Waals surface area contributed by atoms with Gasteiger partial charge >= 0.3 is 0 Å². The van der Waals surface area contributed by atoms with Crippen molar-refractivity contribution in [2.45, 2.75) is 13.0 Å². The molecule has 0 radical (unpaired) electrons. The Morgan fingerprint density at radius 1 is 1.25 bits per heavy atom. The predicted octanol–water partition coefficient (Wildman–Crippen LogP) is 2.15.